The van der Waals surface area contributed by atoms with Crippen molar-refractivity contribution >= 4 is 28.7 Å². The maximum atomic E-state index is 13.9. The fourth-order valence-electron chi connectivity index (χ4n) is 3.28. The zero-order valence-electron chi connectivity index (χ0n) is 15.7. The van der Waals surface area contributed by atoms with Gasteiger partial charge in [-0.15, -0.1) is 0 Å². The Bertz CT molecular complexity index is 1220. The van der Waals surface area contributed by atoms with Gasteiger partial charge in [0.15, 0.2) is 0 Å². The summed E-state index contributed by atoms with van der Waals surface area (Å²) in [5.74, 6) is 0.527. The third-order valence-corrected chi connectivity index (χ3v) is 4.91. The molecule has 5 nitrogen and oxygen atoms in total. The number of halogens is 2. The molecular weight excluding hydrogens is 409 g/mol. The van der Waals surface area contributed by atoms with Crippen LogP contribution in [-0.2, 0) is 13.2 Å². The SMILES string of the molecule is O=C(O)Oc1cccc2c1ccn2Cc1cc(Cl)ccc1OCc1ccccc1F. The molecule has 0 amide bonds. The molecule has 7 heteroatoms. The number of fused-ring (bicyclic) bond motifs is 1. The Kier molecular flexibility index (Phi) is 5.59. The van der Waals surface area contributed by atoms with Crippen molar-refractivity contribution in [2.45, 2.75) is 13.2 Å². The lowest BCUT2D eigenvalue weighted by Crippen LogP contribution is -2.05. The van der Waals surface area contributed by atoms with Gasteiger partial charge in [-0.2, -0.15) is 0 Å². The Morgan fingerprint density at radius 2 is 1.83 bits per heavy atom. The maximum Gasteiger partial charge on any atom is 0.511 e. The zero-order valence-corrected chi connectivity index (χ0v) is 16.5. The second-order valence-electron chi connectivity index (χ2n) is 6.63. The molecular formula is C23H17ClFNO4. The van der Waals surface area contributed by atoms with Crippen LogP contribution >= 0.6 is 11.6 Å². The third kappa shape index (κ3) is 4.23. The first kappa shape index (κ1) is 19.8. The molecule has 0 aliphatic heterocycles. The summed E-state index contributed by atoms with van der Waals surface area (Å²) in [6.45, 7) is 0.511. The number of hydrogen-bond acceptors (Lipinski definition) is 3. The highest BCUT2D eigenvalue weighted by atomic mass is 35.5. The Morgan fingerprint density at radius 3 is 2.63 bits per heavy atom. The highest BCUT2D eigenvalue weighted by molar-refractivity contribution is 6.30. The fourth-order valence-corrected chi connectivity index (χ4v) is 3.48. The number of carbonyl (C=O) groups is 1. The highest BCUT2D eigenvalue weighted by Gasteiger charge is 2.12. The monoisotopic (exact) mass is 425 g/mol. The van der Waals surface area contributed by atoms with Gasteiger partial charge in [0.25, 0.3) is 0 Å². The molecule has 0 aliphatic rings. The topological polar surface area (TPSA) is 60.7 Å². The fraction of sp³-hybridized carbons (Fsp3) is 0.0870. The molecule has 1 aromatic heterocycles. The molecule has 0 aliphatic carbocycles. The molecule has 0 radical (unpaired) electrons. The van der Waals surface area contributed by atoms with Gasteiger partial charge in [-0.3, -0.25) is 0 Å². The number of hydrogen-bond donors (Lipinski definition) is 1. The second kappa shape index (κ2) is 8.47. The van der Waals surface area contributed by atoms with Gasteiger partial charge in [0.05, 0.1) is 12.1 Å². The van der Waals surface area contributed by atoms with Crippen LogP contribution in [0.15, 0.2) is 72.9 Å². The van der Waals surface area contributed by atoms with Crippen LogP contribution in [0.4, 0.5) is 9.18 Å². The minimum absolute atomic E-state index is 0.0876. The molecule has 0 saturated carbocycles. The molecule has 1 heterocycles. The van der Waals surface area contributed by atoms with Gasteiger partial charge in [0.1, 0.15) is 23.9 Å². The van der Waals surface area contributed by atoms with Crippen LogP contribution in [0.2, 0.25) is 5.02 Å². The molecule has 0 bridgehead atoms. The quantitative estimate of drug-likeness (QED) is 0.298. The van der Waals surface area contributed by atoms with E-state index in [1.54, 1.807) is 54.6 Å². The average Bonchev–Trinajstić information content (AvgIpc) is 3.12. The summed E-state index contributed by atoms with van der Waals surface area (Å²) >= 11 is 6.19. The molecule has 0 saturated heterocycles. The van der Waals surface area contributed by atoms with Crippen LogP contribution in [-0.4, -0.2) is 15.8 Å². The average molecular weight is 426 g/mol. The lowest BCUT2D eigenvalue weighted by molar-refractivity contribution is 0.145. The van der Waals surface area contributed by atoms with E-state index in [1.165, 1.54) is 6.07 Å². The van der Waals surface area contributed by atoms with E-state index < -0.39 is 6.16 Å². The smallest absolute Gasteiger partial charge is 0.488 e. The largest absolute Gasteiger partial charge is 0.511 e. The van der Waals surface area contributed by atoms with Gasteiger partial charge in [0.2, 0.25) is 0 Å². The van der Waals surface area contributed by atoms with Gasteiger partial charge in [0, 0.05) is 27.7 Å². The molecule has 30 heavy (non-hydrogen) atoms. The molecule has 1 N–H and O–H groups in total. The van der Waals surface area contributed by atoms with E-state index in [2.05, 4.69) is 0 Å². The Morgan fingerprint density at radius 1 is 1.00 bits per heavy atom. The molecule has 0 atom stereocenters. The molecule has 3 aromatic carbocycles. The van der Waals surface area contributed by atoms with Crippen molar-refractivity contribution in [3.8, 4) is 11.5 Å². The van der Waals surface area contributed by atoms with Crippen LogP contribution in [0.5, 0.6) is 11.5 Å². The first-order chi connectivity index (χ1) is 14.5. The van der Waals surface area contributed by atoms with Crippen LogP contribution in [0.1, 0.15) is 11.1 Å². The van der Waals surface area contributed by atoms with Crippen molar-refractivity contribution in [2.24, 2.45) is 0 Å². The number of ether oxygens (including phenoxy) is 2. The predicted octanol–water partition coefficient (Wildman–Crippen LogP) is 6.12. The van der Waals surface area contributed by atoms with E-state index in [0.717, 1.165) is 11.1 Å². The molecule has 4 rings (SSSR count). The van der Waals surface area contributed by atoms with Crippen molar-refractivity contribution < 1.29 is 23.8 Å². The molecule has 4 aromatic rings. The van der Waals surface area contributed by atoms with Gasteiger partial charge in [-0.1, -0.05) is 35.9 Å². The number of benzene rings is 3. The number of carboxylic acid groups (broad SMARTS) is 1. The minimum atomic E-state index is -1.37. The van der Waals surface area contributed by atoms with Crippen molar-refractivity contribution in [3.05, 3.63) is 94.9 Å². The predicted molar refractivity (Wildman–Crippen MR) is 112 cm³/mol. The first-order valence-corrected chi connectivity index (χ1v) is 9.52. The molecule has 0 unspecified atom stereocenters. The van der Waals surface area contributed by atoms with Crippen molar-refractivity contribution in [1.82, 2.24) is 4.57 Å². The second-order valence-corrected chi connectivity index (χ2v) is 7.07. The summed E-state index contributed by atoms with van der Waals surface area (Å²) in [6.07, 6.45) is 0.468. The summed E-state index contributed by atoms with van der Waals surface area (Å²) in [7, 11) is 0. The van der Waals surface area contributed by atoms with Gasteiger partial charge >= 0.3 is 6.16 Å². The van der Waals surface area contributed by atoms with Crippen molar-refractivity contribution in [2.75, 3.05) is 0 Å². The summed E-state index contributed by atoms with van der Waals surface area (Å²) in [5.41, 5.74) is 2.06. The van der Waals surface area contributed by atoms with Gasteiger partial charge in [-0.05, 0) is 42.5 Å². The molecule has 152 valence electrons. The Balaban J connectivity index is 1.63. The summed E-state index contributed by atoms with van der Waals surface area (Å²) in [5, 5.41) is 10.1. The molecule has 0 fully saturated rings. The number of nitrogens with zero attached hydrogens (tertiary/aromatic N) is 1. The zero-order chi connectivity index (χ0) is 21.1. The van der Waals surface area contributed by atoms with Crippen LogP contribution in [0, 0.1) is 5.82 Å². The lowest BCUT2D eigenvalue weighted by Gasteiger charge is -2.14. The molecule has 0 spiro atoms. The summed E-state index contributed by atoms with van der Waals surface area (Å²) in [4.78, 5) is 10.9. The van der Waals surface area contributed by atoms with Crippen LogP contribution in [0.3, 0.4) is 0 Å². The summed E-state index contributed by atoms with van der Waals surface area (Å²) < 4.78 is 26.6. The van der Waals surface area contributed by atoms with Crippen LogP contribution < -0.4 is 9.47 Å². The highest BCUT2D eigenvalue weighted by Crippen LogP contribution is 2.30. The summed E-state index contributed by atoms with van der Waals surface area (Å²) in [6, 6.07) is 18.7. The van der Waals surface area contributed by atoms with E-state index in [-0.39, 0.29) is 18.2 Å². The van der Waals surface area contributed by atoms with Crippen molar-refractivity contribution in [1.29, 1.82) is 0 Å². The van der Waals surface area contributed by atoms with Crippen LogP contribution in [0.25, 0.3) is 10.9 Å². The standard InChI is InChI=1S/C23H17ClFNO4/c24-17-8-9-21(29-14-15-4-1-2-5-19(15)25)16(12-17)13-26-11-10-18-20(26)6-3-7-22(18)30-23(27)28/h1-12H,13-14H2,(H,27,28). The van der Waals surface area contributed by atoms with Gasteiger partial charge < -0.3 is 19.1 Å². The van der Waals surface area contributed by atoms with Gasteiger partial charge in [-0.25, -0.2) is 9.18 Å². The maximum absolute atomic E-state index is 13.9. The Labute approximate surface area is 176 Å². The lowest BCUT2D eigenvalue weighted by atomic mass is 10.2. The number of rotatable bonds is 6. The van der Waals surface area contributed by atoms with Crippen molar-refractivity contribution in [3.63, 3.8) is 0 Å². The van der Waals surface area contributed by atoms with E-state index >= 15 is 0 Å². The Hall–Kier alpha value is -3.51. The third-order valence-electron chi connectivity index (χ3n) is 4.68. The van der Waals surface area contributed by atoms with E-state index in [9.17, 15) is 9.18 Å². The minimum Gasteiger partial charge on any atom is -0.488 e. The van der Waals surface area contributed by atoms with E-state index in [1.807, 2.05) is 16.8 Å². The van der Waals surface area contributed by atoms with E-state index in [0.29, 0.717) is 28.3 Å². The first-order valence-electron chi connectivity index (χ1n) is 9.14. The normalized spacial score (nSPS) is 10.9. The van der Waals surface area contributed by atoms with E-state index in [4.69, 9.17) is 26.2 Å². The number of aromatic nitrogens is 1.